The SMILES string of the molecule is CC1CCCC(O)(CNC(=O)CC2CNC2)C1. The number of carbonyl (C=O) groups is 1. The zero-order valence-corrected chi connectivity index (χ0v) is 10.7. The van der Waals surface area contributed by atoms with E-state index in [1.54, 1.807) is 0 Å². The first kappa shape index (κ1) is 12.8. The Morgan fingerprint density at radius 2 is 2.29 bits per heavy atom. The van der Waals surface area contributed by atoms with Crippen molar-refractivity contribution in [3.63, 3.8) is 0 Å². The van der Waals surface area contributed by atoms with E-state index in [9.17, 15) is 9.90 Å². The van der Waals surface area contributed by atoms with Gasteiger partial charge in [-0.3, -0.25) is 4.79 Å². The number of aliphatic hydroxyl groups is 1. The van der Waals surface area contributed by atoms with Crippen molar-refractivity contribution >= 4 is 5.91 Å². The lowest BCUT2D eigenvalue weighted by molar-refractivity contribution is -0.124. The summed E-state index contributed by atoms with van der Waals surface area (Å²) in [6.45, 7) is 4.51. The molecule has 98 valence electrons. The maximum absolute atomic E-state index is 11.7. The molecule has 0 radical (unpaired) electrons. The van der Waals surface area contributed by atoms with Crippen LogP contribution in [0.2, 0.25) is 0 Å². The van der Waals surface area contributed by atoms with Crippen LogP contribution in [0.25, 0.3) is 0 Å². The smallest absolute Gasteiger partial charge is 0.220 e. The van der Waals surface area contributed by atoms with Gasteiger partial charge in [0.2, 0.25) is 5.91 Å². The molecule has 1 aliphatic heterocycles. The molecule has 0 aromatic heterocycles. The van der Waals surface area contributed by atoms with Crippen LogP contribution in [-0.4, -0.2) is 36.2 Å². The number of hydrogen-bond donors (Lipinski definition) is 3. The van der Waals surface area contributed by atoms with E-state index in [-0.39, 0.29) is 5.91 Å². The van der Waals surface area contributed by atoms with E-state index < -0.39 is 5.60 Å². The normalized spacial score (nSPS) is 34.1. The molecular formula is C13H24N2O2. The molecule has 2 unspecified atom stereocenters. The summed E-state index contributed by atoms with van der Waals surface area (Å²) >= 11 is 0. The fraction of sp³-hybridized carbons (Fsp3) is 0.923. The van der Waals surface area contributed by atoms with Crippen molar-refractivity contribution in [1.29, 1.82) is 0 Å². The largest absolute Gasteiger partial charge is 0.388 e. The summed E-state index contributed by atoms with van der Waals surface area (Å²) < 4.78 is 0. The predicted octanol–water partition coefficient (Wildman–Crippen LogP) is 0.653. The molecule has 0 spiro atoms. The molecule has 17 heavy (non-hydrogen) atoms. The van der Waals surface area contributed by atoms with Crippen LogP contribution in [0.15, 0.2) is 0 Å². The second-order valence-corrected chi connectivity index (χ2v) is 5.93. The second kappa shape index (κ2) is 5.36. The van der Waals surface area contributed by atoms with Gasteiger partial charge in [0.25, 0.3) is 0 Å². The first-order valence-electron chi connectivity index (χ1n) is 6.77. The summed E-state index contributed by atoms with van der Waals surface area (Å²) in [6, 6.07) is 0. The second-order valence-electron chi connectivity index (χ2n) is 5.93. The van der Waals surface area contributed by atoms with Gasteiger partial charge < -0.3 is 15.7 Å². The number of amides is 1. The van der Waals surface area contributed by atoms with Gasteiger partial charge in [0.15, 0.2) is 0 Å². The van der Waals surface area contributed by atoms with Crippen LogP contribution < -0.4 is 10.6 Å². The minimum absolute atomic E-state index is 0.0863. The zero-order valence-electron chi connectivity index (χ0n) is 10.7. The van der Waals surface area contributed by atoms with Crippen LogP contribution in [0.5, 0.6) is 0 Å². The molecule has 2 aliphatic rings. The van der Waals surface area contributed by atoms with Crippen molar-refractivity contribution in [3.8, 4) is 0 Å². The Bertz CT molecular complexity index is 279. The third kappa shape index (κ3) is 3.68. The van der Waals surface area contributed by atoms with Gasteiger partial charge in [-0.05, 0) is 37.8 Å². The lowest BCUT2D eigenvalue weighted by Gasteiger charge is -2.36. The van der Waals surface area contributed by atoms with Crippen LogP contribution >= 0.6 is 0 Å². The van der Waals surface area contributed by atoms with Crippen LogP contribution in [-0.2, 0) is 4.79 Å². The Kier molecular flexibility index (Phi) is 4.05. The van der Waals surface area contributed by atoms with E-state index in [2.05, 4.69) is 17.6 Å². The molecule has 4 nitrogen and oxygen atoms in total. The summed E-state index contributed by atoms with van der Waals surface area (Å²) in [5, 5.41) is 16.4. The standard InChI is InChI=1S/C13H24N2O2/c1-10-3-2-4-13(17,6-10)9-15-12(16)5-11-7-14-8-11/h10-11,14,17H,2-9H2,1H3,(H,15,16). The summed E-state index contributed by atoms with van der Waals surface area (Å²) in [5.74, 6) is 1.15. The topological polar surface area (TPSA) is 61.4 Å². The van der Waals surface area contributed by atoms with Crippen LogP contribution in [0.4, 0.5) is 0 Å². The Morgan fingerprint density at radius 1 is 1.53 bits per heavy atom. The molecule has 1 saturated carbocycles. The summed E-state index contributed by atoms with van der Waals surface area (Å²) in [4.78, 5) is 11.7. The highest BCUT2D eigenvalue weighted by atomic mass is 16.3. The highest BCUT2D eigenvalue weighted by Crippen LogP contribution is 2.31. The Balaban J connectivity index is 1.70. The fourth-order valence-electron chi connectivity index (χ4n) is 2.88. The van der Waals surface area contributed by atoms with Gasteiger partial charge in [-0.1, -0.05) is 19.8 Å². The number of nitrogens with one attached hydrogen (secondary N) is 2. The van der Waals surface area contributed by atoms with Gasteiger partial charge >= 0.3 is 0 Å². The molecule has 0 aromatic rings. The van der Waals surface area contributed by atoms with E-state index in [0.717, 1.165) is 32.4 Å². The number of hydrogen-bond acceptors (Lipinski definition) is 3. The highest BCUT2D eigenvalue weighted by Gasteiger charge is 2.33. The Morgan fingerprint density at radius 3 is 2.88 bits per heavy atom. The molecule has 3 N–H and O–H groups in total. The molecule has 1 heterocycles. The molecule has 1 saturated heterocycles. The molecule has 4 heteroatoms. The fourth-order valence-corrected chi connectivity index (χ4v) is 2.88. The van der Waals surface area contributed by atoms with Gasteiger partial charge in [0, 0.05) is 13.0 Å². The predicted molar refractivity (Wildman–Crippen MR) is 66.6 cm³/mol. The molecule has 2 rings (SSSR count). The summed E-state index contributed by atoms with van der Waals surface area (Å²) in [6.07, 6.45) is 4.50. The maximum Gasteiger partial charge on any atom is 0.220 e. The van der Waals surface area contributed by atoms with Gasteiger partial charge in [-0.2, -0.15) is 0 Å². The minimum Gasteiger partial charge on any atom is -0.388 e. The van der Waals surface area contributed by atoms with Crippen LogP contribution in [0.1, 0.15) is 39.0 Å². The van der Waals surface area contributed by atoms with Crippen molar-refractivity contribution in [1.82, 2.24) is 10.6 Å². The summed E-state index contributed by atoms with van der Waals surface area (Å²) in [7, 11) is 0. The summed E-state index contributed by atoms with van der Waals surface area (Å²) in [5.41, 5.74) is -0.662. The van der Waals surface area contributed by atoms with Gasteiger partial charge in [-0.25, -0.2) is 0 Å². The zero-order chi connectivity index (χ0) is 12.3. The average Bonchev–Trinajstić information content (AvgIpc) is 2.20. The average molecular weight is 240 g/mol. The van der Waals surface area contributed by atoms with Gasteiger partial charge in [0.05, 0.1) is 5.60 Å². The van der Waals surface area contributed by atoms with Crippen molar-refractivity contribution < 1.29 is 9.90 Å². The number of carbonyl (C=O) groups excluding carboxylic acids is 1. The van der Waals surface area contributed by atoms with Crippen LogP contribution in [0.3, 0.4) is 0 Å². The lowest BCUT2D eigenvalue weighted by atomic mass is 9.79. The van der Waals surface area contributed by atoms with Crippen molar-refractivity contribution in [2.45, 2.75) is 44.6 Å². The molecule has 1 amide bonds. The molecule has 2 fully saturated rings. The molecule has 0 aromatic carbocycles. The van der Waals surface area contributed by atoms with E-state index in [1.165, 1.54) is 6.42 Å². The van der Waals surface area contributed by atoms with Crippen molar-refractivity contribution in [2.24, 2.45) is 11.8 Å². The van der Waals surface area contributed by atoms with Gasteiger partial charge in [0.1, 0.15) is 0 Å². The van der Waals surface area contributed by atoms with Gasteiger partial charge in [-0.15, -0.1) is 0 Å². The van der Waals surface area contributed by atoms with Crippen molar-refractivity contribution in [2.75, 3.05) is 19.6 Å². The highest BCUT2D eigenvalue weighted by molar-refractivity contribution is 5.76. The molecule has 2 atom stereocenters. The van der Waals surface area contributed by atoms with E-state index in [0.29, 0.717) is 24.8 Å². The Hall–Kier alpha value is -0.610. The number of rotatable bonds is 4. The Labute approximate surface area is 103 Å². The molecule has 1 aliphatic carbocycles. The minimum atomic E-state index is -0.662. The van der Waals surface area contributed by atoms with Crippen molar-refractivity contribution in [3.05, 3.63) is 0 Å². The van der Waals surface area contributed by atoms with E-state index >= 15 is 0 Å². The lowest BCUT2D eigenvalue weighted by Crippen LogP contribution is -2.48. The maximum atomic E-state index is 11.7. The monoisotopic (exact) mass is 240 g/mol. The quantitative estimate of drug-likeness (QED) is 0.676. The van der Waals surface area contributed by atoms with E-state index in [1.807, 2.05) is 0 Å². The molecular weight excluding hydrogens is 216 g/mol. The third-order valence-electron chi connectivity index (χ3n) is 4.02. The first-order valence-corrected chi connectivity index (χ1v) is 6.77. The third-order valence-corrected chi connectivity index (χ3v) is 4.02. The first-order chi connectivity index (χ1) is 8.07. The van der Waals surface area contributed by atoms with E-state index in [4.69, 9.17) is 0 Å². The molecule has 0 bridgehead atoms. The van der Waals surface area contributed by atoms with Crippen LogP contribution in [0, 0.1) is 11.8 Å².